The van der Waals surface area contributed by atoms with Gasteiger partial charge in [-0.25, -0.2) is 9.98 Å². The van der Waals surface area contributed by atoms with Crippen molar-refractivity contribution in [1.29, 1.82) is 5.41 Å². The van der Waals surface area contributed by atoms with E-state index in [0.29, 0.717) is 17.8 Å². The van der Waals surface area contributed by atoms with Crippen LogP contribution < -0.4 is 0 Å². The van der Waals surface area contributed by atoms with Crippen LogP contribution in [0.3, 0.4) is 0 Å². The van der Waals surface area contributed by atoms with E-state index < -0.39 is 0 Å². The number of amidine groups is 2. The molecule has 0 spiro atoms. The normalized spacial score (nSPS) is 13.5. The third-order valence-corrected chi connectivity index (χ3v) is 13.7. The van der Waals surface area contributed by atoms with Crippen LogP contribution in [0, 0.1) is 5.41 Å². The molecule has 3 aromatic heterocycles. The van der Waals surface area contributed by atoms with Crippen LogP contribution in [0.15, 0.2) is 212 Å². The molecule has 0 aliphatic carbocycles. The van der Waals surface area contributed by atoms with E-state index in [-0.39, 0.29) is 16.7 Å². The van der Waals surface area contributed by atoms with Crippen LogP contribution in [0.25, 0.3) is 77.0 Å². The molecule has 3 heterocycles. The summed E-state index contributed by atoms with van der Waals surface area (Å²) >= 11 is 0. The Morgan fingerprint density at radius 1 is 0.535 bits per heavy atom. The van der Waals surface area contributed by atoms with Gasteiger partial charge in [-0.2, -0.15) is 0 Å². The lowest BCUT2D eigenvalue weighted by Gasteiger charge is -2.21. The summed E-state index contributed by atoms with van der Waals surface area (Å²) < 4.78 is 15.2. The van der Waals surface area contributed by atoms with Crippen molar-refractivity contribution in [3.8, 4) is 0 Å². The lowest BCUT2D eigenvalue weighted by molar-refractivity contribution is 0.590. The molecule has 0 bridgehead atoms. The van der Waals surface area contributed by atoms with Gasteiger partial charge in [-0.15, -0.1) is 0 Å². The zero-order valence-electron chi connectivity index (χ0n) is 41.3. The number of hydrogen-bond acceptors (Lipinski definition) is 3. The van der Waals surface area contributed by atoms with Crippen molar-refractivity contribution in [2.45, 2.75) is 65.7 Å². The Labute approximate surface area is 414 Å². The number of aromatic nitrogens is 1. The smallest absolute Gasteiger partial charge is 0.161 e. The highest BCUT2D eigenvalue weighted by Gasteiger charge is 2.24. The topological polar surface area (TPSA) is 79.8 Å². The molecular weight excluding hydrogens is 869 g/mol. The van der Waals surface area contributed by atoms with Crippen LogP contribution >= 0.6 is 0 Å². The van der Waals surface area contributed by atoms with Crippen LogP contribution in [-0.2, 0) is 17.3 Å². The number of nitrogens with one attached hydrogen (secondary N) is 1. The first kappa shape index (κ1) is 45.1. The van der Waals surface area contributed by atoms with Crippen molar-refractivity contribution < 1.29 is 8.83 Å². The predicted octanol–water partition coefficient (Wildman–Crippen LogP) is 17.3. The van der Waals surface area contributed by atoms with E-state index in [4.69, 9.17) is 18.8 Å². The third-order valence-electron chi connectivity index (χ3n) is 13.7. The fourth-order valence-electron chi connectivity index (χ4n) is 9.80. The fourth-order valence-corrected chi connectivity index (χ4v) is 9.80. The molecule has 8 aromatic carbocycles. The summed E-state index contributed by atoms with van der Waals surface area (Å²) in [6, 6.07) is 63.5. The van der Waals surface area contributed by atoms with Crippen molar-refractivity contribution >= 4 is 94.8 Å². The van der Waals surface area contributed by atoms with E-state index >= 15 is 0 Å². The van der Waals surface area contributed by atoms with Crippen molar-refractivity contribution in [3.05, 3.63) is 227 Å². The van der Waals surface area contributed by atoms with Gasteiger partial charge in [0.15, 0.2) is 5.84 Å². The molecule has 0 amide bonds. The predicted molar refractivity (Wildman–Crippen MR) is 300 cm³/mol. The second-order valence-corrected chi connectivity index (χ2v) is 20.7. The van der Waals surface area contributed by atoms with Crippen molar-refractivity contribution in [2.75, 3.05) is 0 Å². The molecule has 0 aliphatic rings. The molecule has 0 unspecified atom stereocenters. The Morgan fingerprint density at radius 3 is 1.75 bits per heavy atom. The maximum Gasteiger partial charge on any atom is 0.161 e. The Bertz CT molecular complexity index is 3920. The monoisotopic (exact) mass is 924 g/mol. The molecule has 0 saturated carbocycles. The molecule has 348 valence electrons. The Hall–Kier alpha value is -8.35. The number of para-hydroxylation sites is 3. The van der Waals surface area contributed by atoms with Crippen LogP contribution in [0.4, 0.5) is 0 Å². The van der Waals surface area contributed by atoms with Gasteiger partial charge in [-0.05, 0) is 106 Å². The van der Waals surface area contributed by atoms with Gasteiger partial charge in [0.2, 0.25) is 0 Å². The number of nitrogens with zero attached hydrogens (tertiary/aromatic N) is 3. The van der Waals surface area contributed by atoms with Crippen molar-refractivity contribution in [3.63, 3.8) is 0 Å². The van der Waals surface area contributed by atoms with E-state index in [9.17, 15) is 5.41 Å². The highest BCUT2D eigenvalue weighted by atomic mass is 16.3. The number of aliphatic imine (C=N–C) groups is 2. The molecule has 11 aromatic rings. The summed E-state index contributed by atoms with van der Waals surface area (Å²) in [4.78, 5) is 10.2. The second-order valence-electron chi connectivity index (χ2n) is 20.7. The minimum atomic E-state index is -0.0373. The number of allylic oxidation sites excluding steroid dienone is 3. The van der Waals surface area contributed by atoms with Gasteiger partial charge in [0.25, 0.3) is 0 Å². The van der Waals surface area contributed by atoms with Crippen LogP contribution in [0.2, 0.25) is 0 Å². The highest BCUT2D eigenvalue weighted by Crippen LogP contribution is 2.41. The molecular formula is C65H56N4O2. The first-order chi connectivity index (χ1) is 34.3. The molecule has 71 heavy (non-hydrogen) atoms. The molecule has 6 nitrogen and oxygen atoms in total. The molecule has 0 atom stereocenters. The van der Waals surface area contributed by atoms with Gasteiger partial charge in [0.05, 0.1) is 11.0 Å². The van der Waals surface area contributed by atoms with E-state index in [1.165, 1.54) is 27.5 Å². The lowest BCUT2D eigenvalue weighted by atomic mass is 9.85. The van der Waals surface area contributed by atoms with Crippen LogP contribution in [-0.4, -0.2) is 22.5 Å². The van der Waals surface area contributed by atoms with E-state index in [2.05, 4.69) is 174 Å². The highest BCUT2D eigenvalue weighted by molar-refractivity contribution is 6.18. The molecule has 0 fully saturated rings. The maximum absolute atomic E-state index is 9.83. The van der Waals surface area contributed by atoms with E-state index in [1.807, 2.05) is 67.6 Å². The maximum atomic E-state index is 9.83. The number of benzene rings is 8. The number of hydrogen-bond donors (Lipinski definition) is 1. The van der Waals surface area contributed by atoms with Crippen LogP contribution in [0.5, 0.6) is 0 Å². The van der Waals surface area contributed by atoms with Gasteiger partial charge < -0.3 is 13.4 Å². The standard InChI is InChI=1S/C65H56N4O2/c1-41(62(66)68-63(44-29-32-50-48-24-14-16-27-58(48)70-60(50)37-44)67-40-45-23-18-26-51-49-25-15-17-28-59(49)71-61(45)51)35-52(43-21-12-9-13-22-43)57(36-42-19-10-8-11-20-42)69-55-33-30-46(64(2,3)4)38-53(55)54-39-47(65(5,6)7)31-34-56(54)69/h8-35,37-40,66H,36H2,1-7H3/b41-35+,57-52-,66-62?,67-40+,68-63-. The second kappa shape index (κ2) is 17.9. The van der Waals surface area contributed by atoms with Gasteiger partial charge >= 0.3 is 0 Å². The zero-order chi connectivity index (χ0) is 49.0. The van der Waals surface area contributed by atoms with Crippen LogP contribution in [0.1, 0.15) is 81.8 Å². The zero-order valence-corrected chi connectivity index (χ0v) is 41.3. The summed E-state index contributed by atoms with van der Waals surface area (Å²) in [7, 11) is 0. The first-order valence-corrected chi connectivity index (χ1v) is 24.4. The molecule has 0 aliphatic heterocycles. The number of rotatable bonds is 8. The minimum absolute atomic E-state index is 0.0373. The Balaban J connectivity index is 1.12. The quantitative estimate of drug-likeness (QED) is 0.0936. The molecule has 0 saturated heterocycles. The SMILES string of the molecule is C/C(=C\C(=C(/Cc1ccccc1)n1c2ccc(C(C)(C)C)cc2c2cc(C(C)(C)C)ccc21)c1ccccc1)C(=N)/N=C(\N=C\c1cccc2c1oc1ccccc12)c1ccc2c(c1)oc1ccccc12. The first-order valence-electron chi connectivity index (χ1n) is 24.4. The Kier molecular flexibility index (Phi) is 11.4. The van der Waals surface area contributed by atoms with Crippen molar-refractivity contribution in [1.82, 2.24) is 4.57 Å². The van der Waals surface area contributed by atoms with Gasteiger partial charge in [-0.3, -0.25) is 5.41 Å². The fraction of sp³-hybridized carbons (Fsp3) is 0.154. The Morgan fingerprint density at radius 2 is 1.10 bits per heavy atom. The van der Waals surface area contributed by atoms with Gasteiger partial charge in [0, 0.05) is 67.3 Å². The third kappa shape index (κ3) is 8.61. The average molecular weight is 925 g/mol. The molecule has 0 radical (unpaired) electrons. The largest absolute Gasteiger partial charge is 0.456 e. The lowest BCUT2D eigenvalue weighted by Crippen LogP contribution is -2.10. The van der Waals surface area contributed by atoms with Gasteiger partial charge in [-0.1, -0.05) is 169 Å². The summed E-state index contributed by atoms with van der Waals surface area (Å²) in [6.07, 6.45) is 4.57. The van der Waals surface area contributed by atoms with Crippen molar-refractivity contribution in [2.24, 2.45) is 9.98 Å². The molecule has 11 rings (SSSR count). The van der Waals surface area contributed by atoms with Gasteiger partial charge in [0.1, 0.15) is 28.2 Å². The molecule has 6 heteroatoms. The number of furan rings is 2. The summed E-state index contributed by atoms with van der Waals surface area (Å²) in [5.74, 6) is 0.461. The average Bonchev–Trinajstić information content (AvgIpc) is 4.05. The van der Waals surface area contributed by atoms with E-state index in [1.54, 1.807) is 6.21 Å². The summed E-state index contributed by atoms with van der Waals surface area (Å²) in [6.45, 7) is 15.7. The number of fused-ring (bicyclic) bond motifs is 9. The molecule has 1 N–H and O–H groups in total. The minimum Gasteiger partial charge on any atom is -0.456 e. The van der Waals surface area contributed by atoms with E-state index in [0.717, 1.165) is 82.9 Å². The summed E-state index contributed by atoms with van der Waals surface area (Å²) in [5, 5.41) is 16.4. The summed E-state index contributed by atoms with van der Waals surface area (Å²) in [5.41, 5.74) is 14.4.